The van der Waals surface area contributed by atoms with Crippen molar-refractivity contribution in [2.45, 2.75) is 18.1 Å². The van der Waals surface area contributed by atoms with Crippen LogP contribution in [0.5, 0.6) is 5.75 Å². The summed E-state index contributed by atoms with van der Waals surface area (Å²) < 4.78 is 5.45. The van der Waals surface area contributed by atoms with Gasteiger partial charge >= 0.3 is 0 Å². The molecule has 0 heterocycles. The summed E-state index contributed by atoms with van der Waals surface area (Å²) in [6.07, 6.45) is 0. The van der Waals surface area contributed by atoms with Gasteiger partial charge in [0.25, 0.3) is 0 Å². The summed E-state index contributed by atoms with van der Waals surface area (Å²) in [4.78, 5) is 0. The summed E-state index contributed by atoms with van der Waals surface area (Å²) in [5.41, 5.74) is 3.92. The van der Waals surface area contributed by atoms with E-state index in [0.29, 0.717) is 0 Å². The lowest BCUT2D eigenvalue weighted by Crippen LogP contribution is -2.05. The molecule has 0 atom stereocenters. The van der Waals surface area contributed by atoms with Crippen LogP contribution in [0.25, 0.3) is 0 Å². The van der Waals surface area contributed by atoms with Crippen molar-refractivity contribution in [1.29, 1.82) is 0 Å². The Balaban J connectivity index is 1.98. The zero-order valence-corrected chi connectivity index (χ0v) is 12.9. The van der Waals surface area contributed by atoms with Crippen LogP contribution in [0, 0.1) is 0 Å². The second-order valence-corrected chi connectivity index (χ2v) is 5.64. The Hall–Kier alpha value is -1.45. The molecular formula is C17H21NOS. The van der Waals surface area contributed by atoms with E-state index in [-0.39, 0.29) is 0 Å². The summed E-state index contributed by atoms with van der Waals surface area (Å²) in [7, 11) is 3.70. The van der Waals surface area contributed by atoms with Crippen LogP contribution in [0.4, 0.5) is 0 Å². The molecule has 0 aliphatic heterocycles. The third-order valence-corrected chi connectivity index (χ3v) is 4.15. The molecule has 0 saturated carbocycles. The van der Waals surface area contributed by atoms with Crippen LogP contribution in [-0.4, -0.2) is 14.2 Å². The molecule has 0 saturated heterocycles. The first-order valence-electron chi connectivity index (χ1n) is 6.75. The Kier molecular flexibility index (Phi) is 5.96. The maximum atomic E-state index is 5.45. The SMILES string of the molecule is CNCc1ccc(OC)c(CSCc2ccccc2)c1. The Morgan fingerprint density at radius 3 is 2.50 bits per heavy atom. The van der Waals surface area contributed by atoms with Crippen molar-refractivity contribution >= 4 is 11.8 Å². The smallest absolute Gasteiger partial charge is 0.122 e. The molecule has 0 bridgehead atoms. The van der Waals surface area contributed by atoms with Gasteiger partial charge in [-0.1, -0.05) is 36.4 Å². The van der Waals surface area contributed by atoms with E-state index in [1.54, 1.807) is 7.11 Å². The summed E-state index contributed by atoms with van der Waals surface area (Å²) in [6.45, 7) is 0.889. The minimum Gasteiger partial charge on any atom is -0.496 e. The van der Waals surface area contributed by atoms with Gasteiger partial charge in [-0.15, -0.1) is 0 Å². The lowest BCUT2D eigenvalue weighted by molar-refractivity contribution is 0.411. The van der Waals surface area contributed by atoms with Crippen LogP contribution in [0.1, 0.15) is 16.7 Å². The molecular weight excluding hydrogens is 266 g/mol. The molecule has 0 aliphatic carbocycles. The van der Waals surface area contributed by atoms with E-state index in [0.717, 1.165) is 23.8 Å². The van der Waals surface area contributed by atoms with Gasteiger partial charge in [-0.25, -0.2) is 0 Å². The van der Waals surface area contributed by atoms with Crippen LogP contribution in [0.2, 0.25) is 0 Å². The van der Waals surface area contributed by atoms with Gasteiger partial charge < -0.3 is 10.1 Å². The van der Waals surface area contributed by atoms with Crippen molar-refractivity contribution in [3.8, 4) is 5.75 Å². The zero-order chi connectivity index (χ0) is 14.2. The van der Waals surface area contributed by atoms with Gasteiger partial charge in [-0.3, -0.25) is 0 Å². The van der Waals surface area contributed by atoms with E-state index in [1.165, 1.54) is 16.7 Å². The molecule has 20 heavy (non-hydrogen) atoms. The number of methoxy groups -OCH3 is 1. The van der Waals surface area contributed by atoms with Crippen LogP contribution in [0.3, 0.4) is 0 Å². The molecule has 0 spiro atoms. The molecule has 0 aliphatic rings. The lowest BCUT2D eigenvalue weighted by Gasteiger charge is -2.11. The van der Waals surface area contributed by atoms with Crippen LogP contribution in [0.15, 0.2) is 48.5 Å². The average molecular weight is 287 g/mol. The maximum Gasteiger partial charge on any atom is 0.122 e. The Morgan fingerprint density at radius 2 is 1.80 bits per heavy atom. The molecule has 0 radical (unpaired) electrons. The van der Waals surface area contributed by atoms with Gasteiger partial charge in [0.1, 0.15) is 5.75 Å². The quantitative estimate of drug-likeness (QED) is 0.836. The predicted molar refractivity (Wildman–Crippen MR) is 87.2 cm³/mol. The minimum atomic E-state index is 0.889. The van der Waals surface area contributed by atoms with Crippen molar-refractivity contribution < 1.29 is 4.74 Å². The molecule has 0 aromatic heterocycles. The van der Waals surface area contributed by atoms with Gasteiger partial charge in [0, 0.05) is 23.6 Å². The third-order valence-electron chi connectivity index (χ3n) is 3.09. The highest BCUT2D eigenvalue weighted by Crippen LogP contribution is 2.26. The second-order valence-electron chi connectivity index (χ2n) is 4.65. The monoisotopic (exact) mass is 287 g/mol. The number of thioether (sulfide) groups is 1. The fourth-order valence-electron chi connectivity index (χ4n) is 2.11. The first kappa shape index (κ1) is 14.9. The van der Waals surface area contributed by atoms with E-state index in [9.17, 15) is 0 Å². The first-order valence-corrected chi connectivity index (χ1v) is 7.91. The summed E-state index contributed by atoms with van der Waals surface area (Å²) in [5.74, 6) is 2.97. The maximum absolute atomic E-state index is 5.45. The van der Waals surface area contributed by atoms with Gasteiger partial charge in [0.15, 0.2) is 0 Å². The highest BCUT2D eigenvalue weighted by molar-refractivity contribution is 7.97. The predicted octanol–water partition coefficient (Wildman–Crippen LogP) is 3.85. The first-order chi connectivity index (χ1) is 9.83. The molecule has 2 nitrogen and oxygen atoms in total. The lowest BCUT2D eigenvalue weighted by atomic mass is 10.1. The number of hydrogen-bond acceptors (Lipinski definition) is 3. The molecule has 0 unspecified atom stereocenters. The number of rotatable bonds is 7. The molecule has 3 heteroatoms. The van der Waals surface area contributed by atoms with Gasteiger partial charge in [-0.05, 0) is 30.3 Å². The molecule has 0 fully saturated rings. The zero-order valence-electron chi connectivity index (χ0n) is 12.1. The Bertz CT molecular complexity index is 528. The largest absolute Gasteiger partial charge is 0.496 e. The van der Waals surface area contributed by atoms with Gasteiger partial charge in [0.2, 0.25) is 0 Å². The molecule has 2 rings (SSSR count). The van der Waals surface area contributed by atoms with E-state index >= 15 is 0 Å². The third kappa shape index (κ3) is 4.29. The summed E-state index contributed by atoms with van der Waals surface area (Å²) in [6, 6.07) is 17.0. The van der Waals surface area contributed by atoms with Crippen LogP contribution in [-0.2, 0) is 18.1 Å². The van der Waals surface area contributed by atoms with Crippen molar-refractivity contribution in [3.63, 3.8) is 0 Å². The van der Waals surface area contributed by atoms with Gasteiger partial charge in [-0.2, -0.15) is 11.8 Å². The van der Waals surface area contributed by atoms with Crippen LogP contribution < -0.4 is 10.1 Å². The molecule has 2 aromatic rings. The molecule has 106 valence electrons. The van der Waals surface area contributed by atoms with Crippen molar-refractivity contribution in [3.05, 3.63) is 65.2 Å². The number of nitrogens with one attached hydrogen (secondary N) is 1. The number of benzene rings is 2. The number of hydrogen-bond donors (Lipinski definition) is 1. The van der Waals surface area contributed by atoms with Crippen molar-refractivity contribution in [2.75, 3.05) is 14.2 Å². The van der Waals surface area contributed by atoms with E-state index in [4.69, 9.17) is 4.74 Å². The molecule has 2 aromatic carbocycles. The van der Waals surface area contributed by atoms with Crippen molar-refractivity contribution in [1.82, 2.24) is 5.32 Å². The normalized spacial score (nSPS) is 10.5. The summed E-state index contributed by atoms with van der Waals surface area (Å²) in [5, 5.41) is 3.18. The highest BCUT2D eigenvalue weighted by Gasteiger charge is 2.05. The van der Waals surface area contributed by atoms with Gasteiger partial charge in [0.05, 0.1) is 7.11 Å². The topological polar surface area (TPSA) is 21.3 Å². The highest BCUT2D eigenvalue weighted by atomic mass is 32.2. The van der Waals surface area contributed by atoms with Crippen LogP contribution >= 0.6 is 11.8 Å². The minimum absolute atomic E-state index is 0.889. The van der Waals surface area contributed by atoms with E-state index in [1.807, 2.05) is 18.8 Å². The molecule has 0 amide bonds. The second kappa shape index (κ2) is 7.98. The Morgan fingerprint density at radius 1 is 1.00 bits per heavy atom. The average Bonchev–Trinajstić information content (AvgIpc) is 2.49. The molecule has 1 N–H and O–H groups in total. The van der Waals surface area contributed by atoms with E-state index in [2.05, 4.69) is 53.8 Å². The number of ether oxygens (including phenoxy) is 1. The fourth-order valence-corrected chi connectivity index (χ4v) is 3.09. The van der Waals surface area contributed by atoms with Crippen molar-refractivity contribution in [2.24, 2.45) is 0 Å². The standard InChI is InChI=1S/C17H21NOS/c1-18-11-15-8-9-17(19-2)16(10-15)13-20-12-14-6-4-3-5-7-14/h3-10,18H,11-13H2,1-2H3. The Labute approximate surface area is 125 Å². The fraction of sp³-hybridized carbons (Fsp3) is 0.294. The van der Waals surface area contributed by atoms with E-state index < -0.39 is 0 Å². The summed E-state index contributed by atoms with van der Waals surface area (Å²) >= 11 is 1.92.